The first-order valence-electron chi connectivity index (χ1n) is 21.5. The molecule has 0 atom stereocenters. The maximum Gasteiger partial charge on any atom is 0.237 e. The van der Waals surface area contributed by atoms with E-state index in [1.165, 1.54) is 90.1 Å². The molecule has 8 aliphatic rings. The fourth-order valence-electron chi connectivity index (χ4n) is 9.04. The molecule has 0 radical (unpaired) electrons. The minimum Gasteiger partial charge on any atom is -0.341 e. The maximum atomic E-state index is 12.8. The van der Waals surface area contributed by atoms with Crippen LogP contribution >= 0.6 is 11.6 Å². The number of carbonyl (C=O) groups is 4. The smallest absolute Gasteiger partial charge is 0.237 e. The molecule has 0 spiro atoms. The van der Waals surface area contributed by atoms with Crippen LogP contribution in [0.4, 0.5) is 0 Å². The van der Waals surface area contributed by atoms with Crippen LogP contribution in [0.1, 0.15) is 89.9 Å². The van der Waals surface area contributed by atoms with Gasteiger partial charge in [0.25, 0.3) is 0 Å². The van der Waals surface area contributed by atoms with Gasteiger partial charge < -0.3 is 24.9 Å². The van der Waals surface area contributed by atoms with Crippen LogP contribution in [-0.4, -0.2) is 187 Å². The summed E-state index contributed by atoms with van der Waals surface area (Å²) in [5.74, 6) is 0.700. The third-order valence-corrected chi connectivity index (χ3v) is 13.4. The lowest BCUT2D eigenvalue weighted by Crippen LogP contribution is -2.58. The van der Waals surface area contributed by atoms with Crippen LogP contribution in [0.3, 0.4) is 0 Å². The molecule has 8 rings (SSSR count). The lowest BCUT2D eigenvalue weighted by atomic mass is 9.91. The van der Waals surface area contributed by atoms with Crippen molar-refractivity contribution in [3.05, 3.63) is 0 Å². The van der Waals surface area contributed by atoms with Gasteiger partial charge in [-0.2, -0.15) is 0 Å². The van der Waals surface area contributed by atoms with Gasteiger partial charge in [-0.3, -0.25) is 33.9 Å². The molecule has 0 aromatic carbocycles. The Kier molecular flexibility index (Phi) is 16.0. The van der Waals surface area contributed by atoms with Crippen molar-refractivity contribution in [3.8, 4) is 0 Å². The largest absolute Gasteiger partial charge is 0.341 e. The Labute approximate surface area is 324 Å². The van der Waals surface area contributed by atoms with E-state index < -0.39 is 0 Å². The minimum atomic E-state index is -0.0623. The van der Waals surface area contributed by atoms with Crippen molar-refractivity contribution in [2.45, 2.75) is 102 Å². The molecule has 0 aromatic heterocycles. The van der Waals surface area contributed by atoms with Gasteiger partial charge in [0.05, 0.1) is 18.4 Å². The number of nitrogens with zero attached hydrogens (tertiary/aromatic N) is 7. The number of likely N-dealkylation sites (tertiary alicyclic amines) is 3. The van der Waals surface area contributed by atoms with Gasteiger partial charge in [-0.25, -0.2) is 0 Å². The Morgan fingerprint density at radius 3 is 1.34 bits per heavy atom. The van der Waals surface area contributed by atoms with Gasteiger partial charge in [0, 0.05) is 90.6 Å². The van der Waals surface area contributed by atoms with E-state index >= 15 is 0 Å². The van der Waals surface area contributed by atoms with Crippen molar-refractivity contribution in [1.82, 2.24) is 39.6 Å². The van der Waals surface area contributed by atoms with Gasteiger partial charge in [-0.1, -0.05) is 25.7 Å². The average Bonchev–Trinajstić information content (AvgIpc) is 3.49. The Balaban J connectivity index is 0.000000159. The molecular formula is C40H69ClN8O4. The predicted octanol–water partition coefficient (Wildman–Crippen LogP) is 2.55. The highest BCUT2D eigenvalue weighted by molar-refractivity contribution is 6.27. The number of carbonyl (C=O) groups excluding carboxylic acids is 4. The molecule has 13 heteroatoms. The number of hydrogen-bond donors (Lipinski definition) is 1. The second-order valence-corrected chi connectivity index (χ2v) is 17.1. The van der Waals surface area contributed by atoms with E-state index in [2.05, 4.69) is 24.9 Å². The third-order valence-electron chi connectivity index (χ3n) is 13.2. The molecule has 1 N–H and O–H groups in total. The Bertz CT molecular complexity index is 1170. The second kappa shape index (κ2) is 20.8. The summed E-state index contributed by atoms with van der Waals surface area (Å²) in [4.78, 5) is 64.2. The molecular weight excluding hydrogens is 692 g/mol. The first kappa shape index (κ1) is 40.7. The molecule has 53 heavy (non-hydrogen) atoms. The quantitative estimate of drug-likeness (QED) is 0.396. The highest BCUT2D eigenvalue weighted by Crippen LogP contribution is 2.28. The fourth-order valence-corrected chi connectivity index (χ4v) is 9.21. The summed E-state index contributed by atoms with van der Waals surface area (Å²) in [7, 11) is 0. The molecule has 4 amide bonds. The summed E-state index contributed by atoms with van der Waals surface area (Å²) in [6, 6.07) is 1.54. The topological polar surface area (TPSA) is 103 Å². The fraction of sp³-hybridized carbons (Fsp3) is 0.900. The molecule has 6 heterocycles. The van der Waals surface area contributed by atoms with E-state index in [0.29, 0.717) is 32.7 Å². The monoisotopic (exact) mass is 761 g/mol. The van der Waals surface area contributed by atoms with Crippen molar-refractivity contribution in [3.63, 3.8) is 0 Å². The number of piperidine rings is 2. The summed E-state index contributed by atoms with van der Waals surface area (Å²) < 4.78 is 0. The van der Waals surface area contributed by atoms with Gasteiger partial charge in [0.1, 0.15) is 5.88 Å². The van der Waals surface area contributed by atoms with E-state index in [1.807, 2.05) is 9.80 Å². The highest BCUT2D eigenvalue weighted by atomic mass is 35.5. The summed E-state index contributed by atoms with van der Waals surface area (Å²) in [5, 5.41) is 3.28. The number of nitrogens with one attached hydrogen (secondary N) is 1. The predicted molar refractivity (Wildman–Crippen MR) is 209 cm³/mol. The van der Waals surface area contributed by atoms with Crippen LogP contribution in [0, 0.1) is 11.8 Å². The molecule has 0 unspecified atom stereocenters. The van der Waals surface area contributed by atoms with Crippen molar-refractivity contribution in [2.75, 3.05) is 117 Å². The van der Waals surface area contributed by atoms with Crippen molar-refractivity contribution >= 4 is 35.2 Å². The van der Waals surface area contributed by atoms with Crippen molar-refractivity contribution < 1.29 is 19.2 Å². The Hall–Kier alpha value is -1.99. The first-order valence-corrected chi connectivity index (χ1v) is 22.0. The van der Waals surface area contributed by atoms with Crippen LogP contribution < -0.4 is 5.32 Å². The molecule has 0 aromatic rings. The lowest BCUT2D eigenvalue weighted by Gasteiger charge is -2.41. The standard InChI is InChI=1S/C20H34N4O2.C15H24ClN3O2.C5H11N/c25-19(16-21-8-2-1-3-9-21)24-14-17(15-24)20(26)23-11-5-10-22(12-13-23)18-6-4-7-18;16-9-14(20)19-10-12(11-19)15(21)18-6-2-5-17(7-8-18)13-3-1-4-13;1-2-4-6-5-3-1/h17-18H,1-16H2;12-13H,1-11H2;6H,1-5H2. The molecule has 0 bridgehead atoms. The number of rotatable bonds is 7. The second-order valence-electron chi connectivity index (χ2n) is 16.9. The summed E-state index contributed by atoms with van der Waals surface area (Å²) >= 11 is 5.53. The Morgan fingerprint density at radius 1 is 0.472 bits per heavy atom. The maximum absolute atomic E-state index is 12.8. The number of hydrogen-bond acceptors (Lipinski definition) is 8. The van der Waals surface area contributed by atoms with E-state index in [-0.39, 0.29) is 41.3 Å². The minimum absolute atomic E-state index is 0.00702. The van der Waals surface area contributed by atoms with Crippen LogP contribution in [0.25, 0.3) is 0 Å². The van der Waals surface area contributed by atoms with Gasteiger partial charge in [0.15, 0.2) is 0 Å². The summed E-state index contributed by atoms with van der Waals surface area (Å²) in [6.07, 6.45) is 18.1. The molecule has 12 nitrogen and oxygen atoms in total. The third kappa shape index (κ3) is 11.5. The van der Waals surface area contributed by atoms with E-state index in [1.54, 1.807) is 4.90 Å². The van der Waals surface area contributed by atoms with E-state index in [9.17, 15) is 19.2 Å². The Morgan fingerprint density at radius 2 is 0.943 bits per heavy atom. The van der Waals surface area contributed by atoms with Crippen molar-refractivity contribution in [1.29, 1.82) is 0 Å². The van der Waals surface area contributed by atoms with Gasteiger partial charge in [0.2, 0.25) is 23.6 Å². The molecule has 2 aliphatic carbocycles. The van der Waals surface area contributed by atoms with Crippen LogP contribution in [0.5, 0.6) is 0 Å². The SMILES string of the molecule is C1CCNCC1.O=C(CCl)N1CC(C(=O)N2CCCN(C3CCC3)CC2)C1.O=C(CN1CCCCC1)N1CC(C(=O)N2CCCN(C3CCC3)CC2)C1. The summed E-state index contributed by atoms with van der Waals surface area (Å²) in [6.45, 7) is 15.3. The molecule has 300 valence electrons. The molecule has 6 aliphatic heterocycles. The zero-order valence-electron chi connectivity index (χ0n) is 32.6. The average molecular weight is 761 g/mol. The summed E-state index contributed by atoms with van der Waals surface area (Å²) in [5.41, 5.74) is 0. The molecule has 2 saturated carbocycles. The number of amides is 4. The normalized spacial score (nSPS) is 25.9. The van der Waals surface area contributed by atoms with E-state index in [4.69, 9.17) is 11.6 Å². The number of alkyl halides is 1. The molecule has 8 fully saturated rings. The lowest BCUT2D eigenvalue weighted by molar-refractivity contribution is -0.149. The van der Waals surface area contributed by atoms with Crippen LogP contribution in [0.2, 0.25) is 0 Å². The first-order chi connectivity index (χ1) is 25.9. The van der Waals surface area contributed by atoms with Crippen LogP contribution in [-0.2, 0) is 19.2 Å². The van der Waals surface area contributed by atoms with Crippen molar-refractivity contribution in [2.24, 2.45) is 11.8 Å². The van der Waals surface area contributed by atoms with Crippen LogP contribution in [0.15, 0.2) is 0 Å². The number of halogens is 1. The highest BCUT2D eigenvalue weighted by Gasteiger charge is 2.40. The van der Waals surface area contributed by atoms with Gasteiger partial charge >= 0.3 is 0 Å². The zero-order valence-corrected chi connectivity index (χ0v) is 33.3. The van der Waals surface area contributed by atoms with Gasteiger partial charge in [-0.15, -0.1) is 11.6 Å². The zero-order chi connectivity index (χ0) is 37.0. The van der Waals surface area contributed by atoms with Gasteiger partial charge in [-0.05, 0) is 90.4 Å². The van der Waals surface area contributed by atoms with E-state index in [0.717, 1.165) is 90.4 Å². The molecule has 6 saturated heterocycles.